The molecule has 0 spiro atoms. The Labute approximate surface area is 123 Å². The molecule has 6 nitrogen and oxygen atoms in total. The van der Waals surface area contributed by atoms with Crippen molar-refractivity contribution in [3.8, 4) is 0 Å². The summed E-state index contributed by atoms with van der Waals surface area (Å²) in [6.07, 6.45) is 4.20. The quantitative estimate of drug-likeness (QED) is 0.653. The molecular formula is C15H20N4O2. The third-order valence-corrected chi connectivity index (χ3v) is 3.40. The van der Waals surface area contributed by atoms with Gasteiger partial charge in [0.2, 0.25) is 0 Å². The van der Waals surface area contributed by atoms with Crippen molar-refractivity contribution in [3.63, 3.8) is 0 Å². The third-order valence-electron chi connectivity index (χ3n) is 3.40. The van der Waals surface area contributed by atoms with E-state index in [2.05, 4.69) is 22.1 Å². The van der Waals surface area contributed by atoms with Crippen LogP contribution >= 0.6 is 0 Å². The number of nitrogens with one attached hydrogen (secondary N) is 1. The van der Waals surface area contributed by atoms with Crippen molar-refractivity contribution < 1.29 is 4.92 Å². The standard InChI is InChI=1S/C15H20N4O2/c1-11(7-9-18(2)3)17-14-4-5-15(19(20)21)13-10-16-8-6-12(13)14/h4-6,8,10-11,17H,7,9H2,1-3H3. The van der Waals surface area contributed by atoms with E-state index in [1.165, 1.54) is 6.07 Å². The van der Waals surface area contributed by atoms with E-state index in [0.29, 0.717) is 5.39 Å². The Morgan fingerprint density at radius 1 is 1.33 bits per heavy atom. The zero-order valence-corrected chi connectivity index (χ0v) is 12.5. The van der Waals surface area contributed by atoms with Gasteiger partial charge in [0.1, 0.15) is 0 Å². The van der Waals surface area contributed by atoms with Crippen molar-refractivity contribution in [3.05, 3.63) is 40.7 Å². The van der Waals surface area contributed by atoms with Crippen LogP contribution < -0.4 is 5.32 Å². The summed E-state index contributed by atoms with van der Waals surface area (Å²) >= 11 is 0. The minimum absolute atomic E-state index is 0.0876. The Morgan fingerprint density at radius 3 is 2.76 bits per heavy atom. The Morgan fingerprint density at radius 2 is 2.10 bits per heavy atom. The summed E-state index contributed by atoms with van der Waals surface area (Å²) in [7, 11) is 4.08. The smallest absolute Gasteiger partial charge is 0.278 e. The van der Waals surface area contributed by atoms with E-state index in [1.807, 2.05) is 20.2 Å². The minimum atomic E-state index is -0.372. The van der Waals surface area contributed by atoms with Crippen molar-refractivity contribution in [2.75, 3.05) is 26.0 Å². The summed E-state index contributed by atoms with van der Waals surface area (Å²) in [5, 5.41) is 15.9. The molecule has 0 aliphatic carbocycles. The van der Waals surface area contributed by atoms with E-state index in [1.54, 1.807) is 18.5 Å². The van der Waals surface area contributed by atoms with Gasteiger partial charge in [-0.05, 0) is 46.1 Å². The Balaban J connectivity index is 2.29. The fourth-order valence-corrected chi connectivity index (χ4v) is 2.25. The van der Waals surface area contributed by atoms with Crippen LogP contribution in [0, 0.1) is 10.1 Å². The lowest BCUT2D eigenvalue weighted by atomic mass is 10.1. The highest BCUT2D eigenvalue weighted by Crippen LogP contribution is 2.31. The predicted molar refractivity (Wildman–Crippen MR) is 84.7 cm³/mol. The summed E-state index contributed by atoms with van der Waals surface area (Å²) in [5.74, 6) is 0. The number of non-ortho nitro benzene ring substituents is 1. The van der Waals surface area contributed by atoms with Crippen LogP contribution in [0.3, 0.4) is 0 Å². The van der Waals surface area contributed by atoms with E-state index in [-0.39, 0.29) is 16.7 Å². The highest BCUT2D eigenvalue weighted by atomic mass is 16.6. The van der Waals surface area contributed by atoms with Gasteiger partial charge in [0, 0.05) is 35.6 Å². The molecule has 0 bridgehead atoms. The zero-order chi connectivity index (χ0) is 15.4. The van der Waals surface area contributed by atoms with E-state index < -0.39 is 0 Å². The van der Waals surface area contributed by atoms with Gasteiger partial charge < -0.3 is 10.2 Å². The number of nitro benzene ring substituents is 1. The molecule has 2 aromatic rings. The number of fused-ring (bicyclic) bond motifs is 1. The molecule has 0 aliphatic heterocycles. The lowest BCUT2D eigenvalue weighted by molar-refractivity contribution is -0.383. The van der Waals surface area contributed by atoms with Crippen LogP contribution in [0.15, 0.2) is 30.6 Å². The Kier molecular flexibility index (Phi) is 4.70. The highest BCUT2D eigenvalue weighted by Gasteiger charge is 2.15. The molecule has 21 heavy (non-hydrogen) atoms. The van der Waals surface area contributed by atoms with E-state index in [0.717, 1.165) is 24.0 Å². The Hall–Kier alpha value is -2.21. The molecule has 6 heteroatoms. The summed E-state index contributed by atoms with van der Waals surface area (Å²) in [6.45, 7) is 3.10. The van der Waals surface area contributed by atoms with Gasteiger partial charge in [0.05, 0.1) is 10.3 Å². The fourth-order valence-electron chi connectivity index (χ4n) is 2.25. The minimum Gasteiger partial charge on any atom is -0.382 e. The van der Waals surface area contributed by atoms with Crippen LogP contribution in [0.4, 0.5) is 11.4 Å². The molecule has 1 unspecified atom stereocenters. The normalized spacial score (nSPS) is 12.6. The first-order chi connectivity index (χ1) is 9.99. The van der Waals surface area contributed by atoms with Gasteiger partial charge in [0.25, 0.3) is 5.69 Å². The molecule has 0 amide bonds. The maximum Gasteiger partial charge on any atom is 0.278 e. The van der Waals surface area contributed by atoms with Gasteiger partial charge in [0.15, 0.2) is 0 Å². The van der Waals surface area contributed by atoms with E-state index in [9.17, 15) is 10.1 Å². The molecule has 0 saturated heterocycles. The predicted octanol–water partition coefficient (Wildman–Crippen LogP) is 2.90. The average Bonchev–Trinajstić information content (AvgIpc) is 2.45. The SMILES string of the molecule is CC(CCN(C)C)Nc1ccc([N+](=O)[O-])c2cnccc12. The van der Waals surface area contributed by atoms with Crippen molar-refractivity contribution in [1.29, 1.82) is 0 Å². The molecule has 0 aliphatic rings. The number of hydrogen-bond donors (Lipinski definition) is 1. The first kappa shape index (κ1) is 15.2. The number of nitro groups is 1. The van der Waals surface area contributed by atoms with Crippen LogP contribution in [0.1, 0.15) is 13.3 Å². The van der Waals surface area contributed by atoms with Crippen molar-refractivity contribution in [2.45, 2.75) is 19.4 Å². The number of aromatic nitrogens is 1. The van der Waals surface area contributed by atoms with Crippen molar-refractivity contribution in [2.24, 2.45) is 0 Å². The molecule has 1 aromatic heterocycles. The molecule has 112 valence electrons. The van der Waals surface area contributed by atoms with Crippen molar-refractivity contribution >= 4 is 22.1 Å². The second kappa shape index (κ2) is 6.49. The number of rotatable bonds is 6. The average molecular weight is 288 g/mol. The maximum absolute atomic E-state index is 11.1. The van der Waals surface area contributed by atoms with Crippen LogP contribution in [0.2, 0.25) is 0 Å². The van der Waals surface area contributed by atoms with Gasteiger partial charge in [-0.2, -0.15) is 0 Å². The van der Waals surface area contributed by atoms with Gasteiger partial charge in [-0.1, -0.05) is 0 Å². The summed E-state index contributed by atoms with van der Waals surface area (Å²) in [6, 6.07) is 5.39. The van der Waals surface area contributed by atoms with Gasteiger partial charge in [-0.15, -0.1) is 0 Å². The topological polar surface area (TPSA) is 71.3 Å². The van der Waals surface area contributed by atoms with Gasteiger partial charge >= 0.3 is 0 Å². The lowest BCUT2D eigenvalue weighted by Gasteiger charge is -2.19. The number of anilines is 1. The van der Waals surface area contributed by atoms with Crippen LogP contribution in [-0.2, 0) is 0 Å². The summed E-state index contributed by atoms with van der Waals surface area (Å²) in [5.41, 5.74) is 0.994. The number of pyridine rings is 1. The monoisotopic (exact) mass is 288 g/mol. The second-order valence-electron chi connectivity index (χ2n) is 5.45. The number of benzene rings is 1. The molecule has 0 radical (unpaired) electrons. The van der Waals surface area contributed by atoms with E-state index >= 15 is 0 Å². The van der Waals surface area contributed by atoms with Gasteiger partial charge in [-0.3, -0.25) is 15.1 Å². The first-order valence-electron chi connectivity index (χ1n) is 6.91. The fraction of sp³-hybridized carbons (Fsp3) is 0.400. The third kappa shape index (κ3) is 3.66. The first-order valence-corrected chi connectivity index (χ1v) is 6.91. The highest BCUT2D eigenvalue weighted by molar-refractivity contribution is 5.99. The molecule has 1 heterocycles. The largest absolute Gasteiger partial charge is 0.382 e. The maximum atomic E-state index is 11.1. The zero-order valence-electron chi connectivity index (χ0n) is 12.5. The molecule has 1 atom stereocenters. The second-order valence-corrected chi connectivity index (χ2v) is 5.45. The van der Waals surface area contributed by atoms with Gasteiger partial charge in [-0.25, -0.2) is 0 Å². The van der Waals surface area contributed by atoms with Crippen LogP contribution in [-0.4, -0.2) is 41.5 Å². The van der Waals surface area contributed by atoms with Crippen LogP contribution in [0.25, 0.3) is 10.8 Å². The molecule has 2 rings (SSSR count). The lowest BCUT2D eigenvalue weighted by Crippen LogP contribution is -2.23. The number of hydrogen-bond acceptors (Lipinski definition) is 5. The number of nitrogens with zero attached hydrogens (tertiary/aromatic N) is 3. The Bertz CT molecular complexity index is 643. The van der Waals surface area contributed by atoms with E-state index in [4.69, 9.17) is 0 Å². The van der Waals surface area contributed by atoms with Crippen molar-refractivity contribution in [1.82, 2.24) is 9.88 Å². The molecule has 0 fully saturated rings. The molecule has 1 N–H and O–H groups in total. The van der Waals surface area contributed by atoms with Crippen LogP contribution in [0.5, 0.6) is 0 Å². The molecule has 0 saturated carbocycles. The molecule has 1 aromatic carbocycles. The molecular weight excluding hydrogens is 268 g/mol. The summed E-state index contributed by atoms with van der Waals surface area (Å²) in [4.78, 5) is 16.8. The summed E-state index contributed by atoms with van der Waals surface area (Å²) < 4.78 is 0.